The molecule has 4 heteroatoms. The van der Waals surface area contributed by atoms with E-state index < -0.39 is 0 Å². The molecule has 1 aliphatic rings. The van der Waals surface area contributed by atoms with Gasteiger partial charge in [0.05, 0.1) is 18.3 Å². The molecule has 1 unspecified atom stereocenters. The van der Waals surface area contributed by atoms with E-state index in [1.54, 1.807) is 7.11 Å². The molecule has 0 radical (unpaired) electrons. The summed E-state index contributed by atoms with van der Waals surface area (Å²) in [4.78, 5) is 2.44. The van der Waals surface area contributed by atoms with E-state index >= 15 is 0 Å². The summed E-state index contributed by atoms with van der Waals surface area (Å²) in [6, 6.07) is 0. The number of hydrogen-bond acceptors (Lipinski definition) is 4. The highest BCUT2D eigenvalue weighted by molar-refractivity contribution is 4.74. The fraction of sp³-hybridized carbons (Fsp3) is 1.00. The van der Waals surface area contributed by atoms with Gasteiger partial charge in [-0.15, -0.1) is 0 Å². The van der Waals surface area contributed by atoms with Crippen LogP contribution in [-0.2, 0) is 9.47 Å². The molecule has 17 heavy (non-hydrogen) atoms. The van der Waals surface area contributed by atoms with E-state index in [-0.39, 0.29) is 5.60 Å². The first-order valence-electron chi connectivity index (χ1n) is 6.67. The van der Waals surface area contributed by atoms with Crippen molar-refractivity contribution in [3.8, 4) is 0 Å². The smallest absolute Gasteiger partial charge is 0.0826 e. The van der Waals surface area contributed by atoms with Gasteiger partial charge in [-0.1, -0.05) is 6.92 Å². The summed E-state index contributed by atoms with van der Waals surface area (Å²) in [6.07, 6.45) is 1.36. The van der Waals surface area contributed by atoms with E-state index in [1.807, 2.05) is 0 Å². The Morgan fingerprint density at radius 2 is 2.24 bits per heavy atom. The van der Waals surface area contributed by atoms with E-state index in [9.17, 15) is 0 Å². The molecule has 1 aliphatic heterocycles. The Labute approximate surface area is 106 Å². The van der Waals surface area contributed by atoms with Crippen LogP contribution in [0.5, 0.6) is 0 Å². The van der Waals surface area contributed by atoms with Gasteiger partial charge in [0.1, 0.15) is 0 Å². The van der Waals surface area contributed by atoms with Crippen molar-refractivity contribution < 1.29 is 9.47 Å². The van der Waals surface area contributed by atoms with Crippen LogP contribution in [0.1, 0.15) is 27.2 Å². The lowest BCUT2D eigenvalue weighted by atomic mass is 10.1. The minimum atomic E-state index is -0.0319. The molecule has 1 fully saturated rings. The zero-order valence-corrected chi connectivity index (χ0v) is 11.8. The normalized spacial score (nSPS) is 22.9. The van der Waals surface area contributed by atoms with E-state index in [0.29, 0.717) is 6.10 Å². The average Bonchev–Trinajstić information content (AvgIpc) is 2.35. The van der Waals surface area contributed by atoms with Crippen molar-refractivity contribution in [1.82, 2.24) is 10.2 Å². The van der Waals surface area contributed by atoms with Crippen LogP contribution in [0.15, 0.2) is 0 Å². The number of likely N-dealkylation sites (N-methyl/N-ethyl adjacent to an activating group) is 1. The van der Waals surface area contributed by atoms with Crippen LogP contribution in [0.25, 0.3) is 0 Å². The summed E-state index contributed by atoms with van der Waals surface area (Å²) in [7, 11) is 1.77. The molecule has 4 nitrogen and oxygen atoms in total. The number of hydrogen-bond donors (Lipinski definition) is 1. The van der Waals surface area contributed by atoms with Crippen LogP contribution in [-0.4, -0.2) is 63.0 Å². The number of ether oxygens (including phenoxy) is 2. The quantitative estimate of drug-likeness (QED) is 0.680. The van der Waals surface area contributed by atoms with Crippen molar-refractivity contribution in [3.63, 3.8) is 0 Å². The van der Waals surface area contributed by atoms with Crippen molar-refractivity contribution in [3.05, 3.63) is 0 Å². The second kappa shape index (κ2) is 7.31. The molecule has 102 valence electrons. The van der Waals surface area contributed by atoms with Gasteiger partial charge in [-0.2, -0.15) is 0 Å². The number of nitrogens with zero attached hydrogens (tertiary/aromatic N) is 1. The topological polar surface area (TPSA) is 33.7 Å². The van der Waals surface area contributed by atoms with Gasteiger partial charge in [0.25, 0.3) is 0 Å². The number of morpholine rings is 1. The molecule has 0 bridgehead atoms. The molecule has 1 rings (SSSR count). The van der Waals surface area contributed by atoms with E-state index in [1.165, 1.54) is 0 Å². The van der Waals surface area contributed by atoms with Crippen molar-refractivity contribution in [2.24, 2.45) is 0 Å². The van der Waals surface area contributed by atoms with Crippen LogP contribution in [0, 0.1) is 0 Å². The molecule has 0 spiro atoms. The van der Waals surface area contributed by atoms with Crippen molar-refractivity contribution >= 4 is 0 Å². The molecule has 0 aromatic rings. The van der Waals surface area contributed by atoms with E-state index in [2.05, 4.69) is 31.0 Å². The number of nitrogens with one attached hydrogen (secondary N) is 1. The van der Waals surface area contributed by atoms with E-state index in [0.717, 1.165) is 45.8 Å². The zero-order valence-electron chi connectivity index (χ0n) is 11.8. The minimum absolute atomic E-state index is 0.0319. The van der Waals surface area contributed by atoms with Crippen LogP contribution < -0.4 is 5.32 Å². The highest BCUT2D eigenvalue weighted by Gasteiger charge is 2.19. The molecule has 0 saturated carbocycles. The SMILES string of the molecule is CCN1CCOC(CNCCC(C)(C)OC)C1. The highest BCUT2D eigenvalue weighted by Crippen LogP contribution is 2.11. The minimum Gasteiger partial charge on any atom is -0.379 e. The molecule has 0 amide bonds. The Hall–Kier alpha value is -0.160. The Balaban J connectivity index is 2.10. The van der Waals surface area contributed by atoms with Crippen LogP contribution in [0.3, 0.4) is 0 Å². The molecule has 1 atom stereocenters. The predicted octanol–water partition coefficient (Wildman–Crippen LogP) is 1.11. The van der Waals surface area contributed by atoms with Gasteiger partial charge in [0, 0.05) is 26.7 Å². The van der Waals surface area contributed by atoms with Crippen LogP contribution >= 0.6 is 0 Å². The standard InChI is InChI=1S/C13H28N2O2/c1-5-15-8-9-17-12(11-15)10-14-7-6-13(2,3)16-4/h12,14H,5-11H2,1-4H3. The summed E-state index contributed by atoms with van der Waals surface area (Å²) < 4.78 is 11.1. The summed E-state index contributed by atoms with van der Waals surface area (Å²) >= 11 is 0. The predicted molar refractivity (Wildman–Crippen MR) is 70.4 cm³/mol. The first-order valence-corrected chi connectivity index (χ1v) is 6.67. The van der Waals surface area contributed by atoms with Gasteiger partial charge >= 0.3 is 0 Å². The van der Waals surface area contributed by atoms with Gasteiger partial charge in [-0.05, 0) is 33.4 Å². The van der Waals surface area contributed by atoms with E-state index in [4.69, 9.17) is 9.47 Å². The molecule has 0 aliphatic carbocycles. The maximum Gasteiger partial charge on any atom is 0.0826 e. The molecule has 1 heterocycles. The first kappa shape index (κ1) is 14.9. The summed E-state index contributed by atoms with van der Waals surface area (Å²) in [5.74, 6) is 0. The molecular formula is C13H28N2O2. The number of rotatable bonds is 7. The molecular weight excluding hydrogens is 216 g/mol. The average molecular weight is 244 g/mol. The maximum atomic E-state index is 5.73. The largest absolute Gasteiger partial charge is 0.379 e. The first-order chi connectivity index (χ1) is 8.07. The second-order valence-corrected chi connectivity index (χ2v) is 5.30. The summed E-state index contributed by atoms with van der Waals surface area (Å²) in [5.41, 5.74) is -0.0319. The molecule has 0 aromatic carbocycles. The molecule has 1 N–H and O–H groups in total. The maximum absolute atomic E-state index is 5.73. The summed E-state index contributed by atoms with van der Waals surface area (Å²) in [6.45, 7) is 12.5. The fourth-order valence-corrected chi connectivity index (χ4v) is 1.95. The third-order valence-corrected chi connectivity index (χ3v) is 3.50. The van der Waals surface area contributed by atoms with Crippen molar-refractivity contribution in [1.29, 1.82) is 0 Å². The Morgan fingerprint density at radius 3 is 2.88 bits per heavy atom. The lowest BCUT2D eigenvalue weighted by Crippen LogP contribution is -2.46. The van der Waals surface area contributed by atoms with Gasteiger partial charge in [-0.25, -0.2) is 0 Å². The molecule has 1 saturated heterocycles. The Kier molecular flexibility index (Phi) is 6.41. The van der Waals surface area contributed by atoms with Crippen molar-refractivity contribution in [2.75, 3.05) is 46.4 Å². The number of methoxy groups -OCH3 is 1. The van der Waals surface area contributed by atoms with Gasteiger partial charge in [-0.3, -0.25) is 4.90 Å². The molecule has 0 aromatic heterocycles. The zero-order chi connectivity index (χ0) is 12.7. The summed E-state index contributed by atoms with van der Waals surface area (Å²) in [5, 5.41) is 3.46. The third-order valence-electron chi connectivity index (χ3n) is 3.50. The van der Waals surface area contributed by atoms with Gasteiger partial charge in [0.2, 0.25) is 0 Å². The third kappa shape index (κ3) is 5.82. The van der Waals surface area contributed by atoms with Crippen LogP contribution in [0.4, 0.5) is 0 Å². The monoisotopic (exact) mass is 244 g/mol. The Morgan fingerprint density at radius 1 is 1.47 bits per heavy atom. The fourth-order valence-electron chi connectivity index (χ4n) is 1.95. The van der Waals surface area contributed by atoms with Gasteiger partial charge < -0.3 is 14.8 Å². The lowest BCUT2D eigenvalue weighted by Gasteiger charge is -2.32. The Bertz CT molecular complexity index is 210. The highest BCUT2D eigenvalue weighted by atomic mass is 16.5. The van der Waals surface area contributed by atoms with Gasteiger partial charge in [0.15, 0.2) is 0 Å². The lowest BCUT2D eigenvalue weighted by molar-refractivity contribution is -0.0267. The van der Waals surface area contributed by atoms with Crippen molar-refractivity contribution in [2.45, 2.75) is 38.9 Å². The van der Waals surface area contributed by atoms with Crippen LogP contribution in [0.2, 0.25) is 0 Å². The second-order valence-electron chi connectivity index (χ2n) is 5.30.